The summed E-state index contributed by atoms with van der Waals surface area (Å²) < 4.78 is 10.5. The van der Waals surface area contributed by atoms with Gasteiger partial charge in [0.15, 0.2) is 12.4 Å². The number of para-hydroxylation sites is 1. The first-order valence-corrected chi connectivity index (χ1v) is 12.5. The zero-order chi connectivity index (χ0) is 28.4. The summed E-state index contributed by atoms with van der Waals surface area (Å²) >= 11 is 6.17. The van der Waals surface area contributed by atoms with Crippen LogP contribution in [-0.2, 0) is 4.74 Å². The predicted octanol–water partition coefficient (Wildman–Crippen LogP) is 5.71. The fraction of sp³-hybridized carbons (Fsp3) is 0.0645. The number of carbonyl (C=O) groups excluding carboxylic acids is 5. The summed E-state index contributed by atoms with van der Waals surface area (Å²) in [4.78, 5) is 64.3. The Balaban J connectivity index is 1.21. The fourth-order valence-corrected chi connectivity index (χ4v) is 4.30. The van der Waals surface area contributed by atoms with Crippen molar-refractivity contribution in [1.82, 2.24) is 0 Å². The van der Waals surface area contributed by atoms with Gasteiger partial charge in [-0.25, -0.2) is 14.5 Å². The van der Waals surface area contributed by atoms with Crippen LogP contribution < -0.4 is 9.64 Å². The molecule has 0 spiro atoms. The minimum Gasteiger partial charge on any atom is -0.454 e. The Bertz CT molecular complexity index is 1680. The minimum absolute atomic E-state index is 0.00655. The second kappa shape index (κ2) is 11.0. The average molecular weight is 554 g/mol. The number of hydrogen-bond acceptors (Lipinski definition) is 7. The van der Waals surface area contributed by atoms with Crippen LogP contribution in [0.2, 0.25) is 5.02 Å². The molecular weight excluding hydrogens is 534 g/mol. The number of esters is 2. The molecule has 0 aromatic heterocycles. The SMILES string of the molecule is Cc1ccc(C(=O)Oc2ccc(C(=O)COC(=O)c3ccc4c(c3)C(=O)N(c3ccccc3Cl)C4=O)cc2)cc1. The van der Waals surface area contributed by atoms with E-state index in [1.54, 1.807) is 48.5 Å². The first kappa shape index (κ1) is 26.5. The van der Waals surface area contributed by atoms with Crippen LogP contribution in [0.1, 0.15) is 57.4 Å². The molecule has 198 valence electrons. The van der Waals surface area contributed by atoms with E-state index in [2.05, 4.69) is 0 Å². The highest BCUT2D eigenvalue weighted by Crippen LogP contribution is 2.33. The third-order valence-corrected chi connectivity index (χ3v) is 6.54. The molecule has 1 heterocycles. The lowest BCUT2D eigenvalue weighted by Gasteiger charge is -2.15. The summed E-state index contributed by atoms with van der Waals surface area (Å²) in [6, 6.07) is 23.2. The molecule has 0 unspecified atom stereocenters. The number of hydrogen-bond donors (Lipinski definition) is 0. The van der Waals surface area contributed by atoms with Crippen LogP contribution in [0, 0.1) is 6.92 Å². The van der Waals surface area contributed by atoms with Crippen molar-refractivity contribution < 1.29 is 33.4 Å². The Hall–Kier alpha value is -5.08. The number of anilines is 1. The molecule has 0 saturated carbocycles. The number of amides is 2. The Kier molecular flexibility index (Phi) is 7.27. The summed E-state index contributed by atoms with van der Waals surface area (Å²) in [5, 5.41) is 0.229. The van der Waals surface area contributed by atoms with Crippen molar-refractivity contribution in [3.8, 4) is 5.75 Å². The lowest BCUT2D eigenvalue weighted by Crippen LogP contribution is -2.29. The van der Waals surface area contributed by atoms with Gasteiger partial charge in [-0.1, -0.05) is 41.4 Å². The van der Waals surface area contributed by atoms with Crippen LogP contribution in [0.15, 0.2) is 91.0 Å². The molecule has 2 amide bonds. The first-order valence-electron chi connectivity index (χ1n) is 12.1. The van der Waals surface area contributed by atoms with Gasteiger partial charge in [-0.15, -0.1) is 0 Å². The maximum atomic E-state index is 13.0. The van der Waals surface area contributed by atoms with Crippen molar-refractivity contribution in [1.29, 1.82) is 0 Å². The van der Waals surface area contributed by atoms with E-state index in [9.17, 15) is 24.0 Å². The smallest absolute Gasteiger partial charge is 0.343 e. The molecule has 8 nitrogen and oxygen atoms in total. The number of nitrogens with zero attached hydrogens (tertiary/aromatic N) is 1. The molecule has 9 heteroatoms. The average Bonchev–Trinajstić information content (AvgIpc) is 3.21. The Morgan fingerprint density at radius 2 is 1.35 bits per heavy atom. The van der Waals surface area contributed by atoms with E-state index in [1.807, 2.05) is 6.92 Å². The molecular formula is C31H20ClNO7. The normalized spacial score (nSPS) is 12.2. The molecule has 0 radical (unpaired) electrons. The lowest BCUT2D eigenvalue weighted by atomic mass is 10.1. The van der Waals surface area contributed by atoms with Crippen molar-refractivity contribution in [2.24, 2.45) is 0 Å². The predicted molar refractivity (Wildman–Crippen MR) is 146 cm³/mol. The molecule has 0 saturated heterocycles. The van der Waals surface area contributed by atoms with Gasteiger partial charge in [0, 0.05) is 5.56 Å². The largest absolute Gasteiger partial charge is 0.454 e. The molecule has 5 rings (SSSR count). The molecule has 4 aromatic carbocycles. The maximum absolute atomic E-state index is 13.0. The monoisotopic (exact) mass is 553 g/mol. The van der Waals surface area contributed by atoms with Crippen LogP contribution in [0.4, 0.5) is 5.69 Å². The number of carbonyl (C=O) groups is 5. The zero-order valence-corrected chi connectivity index (χ0v) is 21.8. The highest BCUT2D eigenvalue weighted by Gasteiger charge is 2.38. The van der Waals surface area contributed by atoms with E-state index < -0.39 is 36.1 Å². The van der Waals surface area contributed by atoms with Gasteiger partial charge in [-0.05, 0) is 73.7 Å². The standard InChI is InChI=1S/C31H20ClNO7/c1-18-6-8-20(9-7-18)31(38)40-22-13-10-19(11-14-22)27(34)17-39-30(37)21-12-15-23-24(16-21)29(36)33(28(23)35)26-5-3-2-4-25(26)32/h2-16H,17H2,1H3. The number of ketones is 1. The van der Waals surface area contributed by atoms with E-state index >= 15 is 0 Å². The van der Waals surface area contributed by atoms with Gasteiger partial charge in [0.2, 0.25) is 0 Å². The zero-order valence-electron chi connectivity index (χ0n) is 21.1. The van der Waals surface area contributed by atoms with Gasteiger partial charge in [0.05, 0.1) is 33.0 Å². The van der Waals surface area contributed by atoms with Gasteiger partial charge < -0.3 is 9.47 Å². The summed E-state index contributed by atoms with van der Waals surface area (Å²) in [5.74, 6) is -2.78. The highest BCUT2D eigenvalue weighted by molar-refractivity contribution is 6.39. The number of Topliss-reactive ketones (excluding diaryl/α,β-unsaturated/α-hetero) is 1. The van der Waals surface area contributed by atoms with Crippen LogP contribution in [0.3, 0.4) is 0 Å². The maximum Gasteiger partial charge on any atom is 0.343 e. The second-order valence-corrected chi connectivity index (χ2v) is 9.34. The van der Waals surface area contributed by atoms with Gasteiger partial charge >= 0.3 is 11.9 Å². The van der Waals surface area contributed by atoms with Crippen molar-refractivity contribution in [3.05, 3.63) is 129 Å². The number of imide groups is 1. The molecule has 40 heavy (non-hydrogen) atoms. The number of halogens is 1. The summed E-state index contributed by atoms with van der Waals surface area (Å²) in [6.07, 6.45) is 0. The fourth-order valence-electron chi connectivity index (χ4n) is 4.08. The summed E-state index contributed by atoms with van der Waals surface area (Å²) in [7, 11) is 0. The van der Waals surface area contributed by atoms with E-state index in [4.69, 9.17) is 21.1 Å². The Morgan fingerprint density at radius 3 is 2.05 bits per heavy atom. The Labute approximate surface area is 233 Å². The third-order valence-electron chi connectivity index (χ3n) is 6.22. The van der Waals surface area contributed by atoms with Gasteiger partial charge in [0.25, 0.3) is 11.8 Å². The molecule has 0 atom stereocenters. The van der Waals surface area contributed by atoms with Crippen molar-refractivity contribution in [2.45, 2.75) is 6.92 Å². The van der Waals surface area contributed by atoms with Crippen molar-refractivity contribution >= 4 is 46.8 Å². The molecule has 1 aliphatic rings. The molecule has 0 bridgehead atoms. The van der Waals surface area contributed by atoms with E-state index in [1.165, 1.54) is 42.5 Å². The van der Waals surface area contributed by atoms with Gasteiger partial charge in [0.1, 0.15) is 5.75 Å². The molecule has 0 N–H and O–H groups in total. The Morgan fingerprint density at radius 1 is 0.725 bits per heavy atom. The molecule has 1 aliphatic heterocycles. The first-order chi connectivity index (χ1) is 19.2. The van der Waals surface area contributed by atoms with Gasteiger partial charge in [-0.2, -0.15) is 0 Å². The third kappa shape index (κ3) is 5.25. The van der Waals surface area contributed by atoms with E-state index in [0.717, 1.165) is 10.5 Å². The number of fused-ring (bicyclic) bond motifs is 1. The number of aryl methyl sites for hydroxylation is 1. The molecule has 4 aromatic rings. The molecule has 0 fully saturated rings. The van der Waals surface area contributed by atoms with Crippen LogP contribution in [0.25, 0.3) is 0 Å². The lowest BCUT2D eigenvalue weighted by molar-refractivity contribution is 0.0474. The van der Waals surface area contributed by atoms with Crippen molar-refractivity contribution in [3.63, 3.8) is 0 Å². The van der Waals surface area contributed by atoms with E-state index in [0.29, 0.717) is 5.56 Å². The van der Waals surface area contributed by atoms with Crippen LogP contribution in [0.5, 0.6) is 5.75 Å². The number of benzene rings is 4. The summed E-state index contributed by atoms with van der Waals surface area (Å²) in [6.45, 7) is 1.35. The minimum atomic E-state index is -0.837. The second-order valence-electron chi connectivity index (χ2n) is 8.94. The van der Waals surface area contributed by atoms with Crippen LogP contribution in [-0.4, -0.2) is 36.1 Å². The molecule has 0 aliphatic carbocycles. The van der Waals surface area contributed by atoms with Crippen LogP contribution >= 0.6 is 11.6 Å². The summed E-state index contributed by atoms with van der Waals surface area (Å²) in [5.41, 5.74) is 2.05. The van der Waals surface area contributed by atoms with E-state index in [-0.39, 0.29) is 38.7 Å². The quantitative estimate of drug-likeness (QED) is 0.125. The van der Waals surface area contributed by atoms with Crippen molar-refractivity contribution in [2.75, 3.05) is 11.5 Å². The number of ether oxygens (including phenoxy) is 2. The highest BCUT2D eigenvalue weighted by atomic mass is 35.5. The van der Waals surface area contributed by atoms with Gasteiger partial charge in [-0.3, -0.25) is 14.4 Å². The number of rotatable bonds is 7. The topological polar surface area (TPSA) is 107 Å².